The van der Waals surface area contributed by atoms with Crippen LogP contribution in [0.3, 0.4) is 0 Å². The molecule has 1 unspecified atom stereocenters. The van der Waals surface area contributed by atoms with E-state index in [0.717, 1.165) is 31.4 Å². The molecular weight excluding hydrogens is 506 g/mol. The zero-order valence-corrected chi connectivity index (χ0v) is 21.8. The molecule has 2 aliphatic rings. The first-order valence-electron chi connectivity index (χ1n) is 12.1. The molecule has 2 N–H and O–H groups in total. The van der Waals surface area contributed by atoms with E-state index in [2.05, 4.69) is 14.7 Å². The molecule has 1 aliphatic heterocycles. The number of aryl methyl sites for hydroxylation is 1. The van der Waals surface area contributed by atoms with Crippen LogP contribution in [0.5, 0.6) is 5.75 Å². The van der Waals surface area contributed by atoms with E-state index in [1.54, 1.807) is 13.8 Å². The van der Waals surface area contributed by atoms with Crippen LogP contribution in [0.25, 0.3) is 17.0 Å². The number of fused-ring (bicyclic) bond motifs is 1. The Kier molecular flexibility index (Phi) is 6.41. The smallest absolute Gasteiger partial charge is 0.334 e. The van der Waals surface area contributed by atoms with Crippen molar-refractivity contribution in [2.45, 2.75) is 62.8 Å². The number of H-pyrrole nitrogens is 1. The maximum atomic E-state index is 13.1. The van der Waals surface area contributed by atoms with Crippen molar-refractivity contribution in [1.29, 1.82) is 0 Å². The average Bonchev–Trinajstić information content (AvgIpc) is 3.53. The first kappa shape index (κ1) is 24.9. The van der Waals surface area contributed by atoms with E-state index < -0.39 is 31.6 Å². The summed E-state index contributed by atoms with van der Waals surface area (Å²) in [4.78, 5) is 25.1. The summed E-state index contributed by atoms with van der Waals surface area (Å²) in [5.41, 5.74) is 1.13. The van der Waals surface area contributed by atoms with Crippen LogP contribution in [-0.4, -0.2) is 60.3 Å². The van der Waals surface area contributed by atoms with Gasteiger partial charge < -0.3 is 4.74 Å². The highest BCUT2D eigenvalue weighted by atomic mass is 32.2. The van der Waals surface area contributed by atoms with Crippen molar-refractivity contribution in [3.8, 4) is 17.1 Å². The van der Waals surface area contributed by atoms with Crippen LogP contribution in [0.4, 0.5) is 0 Å². The van der Waals surface area contributed by atoms with Gasteiger partial charge in [-0.3, -0.25) is 4.98 Å². The first-order chi connectivity index (χ1) is 17.1. The Morgan fingerprint density at radius 1 is 1.19 bits per heavy atom. The summed E-state index contributed by atoms with van der Waals surface area (Å²) in [6.07, 6.45) is 4.39. The van der Waals surface area contributed by atoms with Gasteiger partial charge in [-0.25, -0.2) is 40.7 Å². The second-order valence-electron chi connectivity index (χ2n) is 9.39. The minimum Gasteiger partial charge on any atom is -0.493 e. The van der Waals surface area contributed by atoms with Gasteiger partial charge in [-0.15, -0.1) is 0 Å². The van der Waals surface area contributed by atoms with E-state index in [1.807, 2.05) is 0 Å². The van der Waals surface area contributed by atoms with E-state index in [9.17, 15) is 21.6 Å². The van der Waals surface area contributed by atoms with Crippen LogP contribution in [-0.2, 0) is 19.9 Å². The quantitative estimate of drug-likeness (QED) is 0.465. The average molecular weight is 536 g/mol. The molecule has 36 heavy (non-hydrogen) atoms. The molecule has 3 aromatic rings. The number of hydrogen-bond donors (Lipinski definition) is 2. The summed E-state index contributed by atoms with van der Waals surface area (Å²) in [5.74, 6) is 1.03. The number of nitrogens with one attached hydrogen (secondary N) is 2. The lowest BCUT2D eigenvalue weighted by atomic mass is 10.0. The summed E-state index contributed by atoms with van der Waals surface area (Å²) in [7, 11) is -7.29. The van der Waals surface area contributed by atoms with Gasteiger partial charge in [0.1, 0.15) is 17.4 Å². The molecule has 1 saturated carbocycles. The minimum atomic E-state index is -4.03. The van der Waals surface area contributed by atoms with Gasteiger partial charge in [0.25, 0.3) is 0 Å². The highest BCUT2D eigenvalue weighted by molar-refractivity contribution is 7.92. The van der Waals surface area contributed by atoms with E-state index in [-0.39, 0.29) is 34.6 Å². The van der Waals surface area contributed by atoms with Gasteiger partial charge >= 0.3 is 5.69 Å². The normalized spacial score (nSPS) is 20.3. The second kappa shape index (κ2) is 9.27. The van der Waals surface area contributed by atoms with Gasteiger partial charge in [0.2, 0.25) is 10.0 Å². The SMILES string of the molecule is CCOc1ccc(S(=O)(=O)NC2CCS(=O)(=O)C2)cc1-c1nc2c(C3CCCC3)nc(C)n2c(=O)[nH]1. The fraction of sp³-hybridized carbons (Fsp3) is 0.522. The van der Waals surface area contributed by atoms with E-state index >= 15 is 0 Å². The van der Waals surface area contributed by atoms with Crippen molar-refractivity contribution >= 4 is 25.5 Å². The van der Waals surface area contributed by atoms with Crippen molar-refractivity contribution in [2.24, 2.45) is 0 Å². The Balaban J connectivity index is 1.60. The fourth-order valence-corrected chi connectivity index (χ4v) is 8.18. The van der Waals surface area contributed by atoms with Crippen molar-refractivity contribution in [3.63, 3.8) is 0 Å². The summed E-state index contributed by atoms with van der Waals surface area (Å²) in [5, 5.41) is 0. The molecule has 2 fully saturated rings. The number of benzene rings is 1. The van der Waals surface area contributed by atoms with Crippen LogP contribution in [0.15, 0.2) is 27.9 Å². The van der Waals surface area contributed by atoms with E-state index in [1.165, 1.54) is 22.6 Å². The van der Waals surface area contributed by atoms with Gasteiger partial charge in [-0.1, -0.05) is 12.8 Å². The predicted octanol–water partition coefficient (Wildman–Crippen LogP) is 1.91. The predicted molar refractivity (Wildman–Crippen MR) is 134 cm³/mol. The number of hydrogen-bond acceptors (Lipinski definition) is 8. The molecule has 5 rings (SSSR count). The van der Waals surface area contributed by atoms with Crippen molar-refractivity contribution in [2.75, 3.05) is 18.1 Å². The van der Waals surface area contributed by atoms with Gasteiger partial charge in [0.15, 0.2) is 15.5 Å². The minimum absolute atomic E-state index is 0.0476. The molecule has 1 saturated heterocycles. The van der Waals surface area contributed by atoms with Gasteiger partial charge in [-0.2, -0.15) is 0 Å². The highest BCUT2D eigenvalue weighted by Crippen LogP contribution is 2.36. The Hall–Kier alpha value is -2.77. The summed E-state index contributed by atoms with van der Waals surface area (Å²) in [6, 6.07) is 3.61. The molecule has 1 atom stereocenters. The lowest BCUT2D eigenvalue weighted by Crippen LogP contribution is -2.35. The second-order valence-corrected chi connectivity index (χ2v) is 13.3. The van der Waals surface area contributed by atoms with Crippen LogP contribution in [0.2, 0.25) is 0 Å². The van der Waals surface area contributed by atoms with Crippen molar-refractivity contribution < 1.29 is 21.6 Å². The molecule has 1 aromatic carbocycles. The number of aromatic nitrogens is 4. The number of sulfone groups is 1. The zero-order chi connectivity index (χ0) is 25.7. The summed E-state index contributed by atoms with van der Waals surface area (Å²) < 4.78 is 59.4. The lowest BCUT2D eigenvalue weighted by Gasteiger charge is -2.15. The Labute approximate surface area is 209 Å². The molecule has 13 heteroatoms. The van der Waals surface area contributed by atoms with Gasteiger partial charge in [0, 0.05) is 12.0 Å². The first-order valence-corrected chi connectivity index (χ1v) is 15.4. The molecule has 1 aliphatic carbocycles. The highest BCUT2D eigenvalue weighted by Gasteiger charge is 2.32. The standard InChI is InChI=1S/C23H29N5O6S2/c1-3-34-19-9-8-17(36(32,33)27-16-10-11-35(30,31)13-16)12-18(19)21-25-22-20(15-6-4-5-7-15)24-14(2)28(22)23(29)26-21/h8-9,12,15-16,27H,3-7,10-11,13H2,1-2H3,(H,25,26,29). The molecule has 2 aromatic heterocycles. The third kappa shape index (κ3) is 4.66. The van der Waals surface area contributed by atoms with Crippen molar-refractivity contribution in [3.05, 3.63) is 40.2 Å². The van der Waals surface area contributed by atoms with Crippen LogP contribution in [0, 0.1) is 6.92 Å². The molecule has 194 valence electrons. The van der Waals surface area contributed by atoms with Gasteiger partial charge in [0.05, 0.1) is 34.3 Å². The maximum Gasteiger partial charge on any atom is 0.334 e. The third-order valence-electron chi connectivity index (χ3n) is 6.81. The Bertz CT molecular complexity index is 1590. The molecule has 11 nitrogen and oxygen atoms in total. The molecule has 3 heterocycles. The largest absolute Gasteiger partial charge is 0.493 e. The Morgan fingerprint density at radius 3 is 2.61 bits per heavy atom. The fourth-order valence-electron chi connectivity index (χ4n) is 5.10. The number of sulfonamides is 1. The number of aromatic amines is 1. The molecule has 0 spiro atoms. The number of imidazole rings is 1. The van der Waals surface area contributed by atoms with Gasteiger partial charge in [-0.05, 0) is 51.3 Å². The van der Waals surface area contributed by atoms with Crippen LogP contribution >= 0.6 is 0 Å². The monoisotopic (exact) mass is 535 g/mol. The Morgan fingerprint density at radius 2 is 1.94 bits per heavy atom. The third-order valence-corrected chi connectivity index (χ3v) is 10.1. The number of ether oxygens (including phenoxy) is 1. The topological polar surface area (TPSA) is 153 Å². The molecule has 0 bridgehead atoms. The lowest BCUT2D eigenvalue weighted by molar-refractivity contribution is 0.341. The summed E-state index contributed by atoms with van der Waals surface area (Å²) >= 11 is 0. The van der Waals surface area contributed by atoms with Crippen LogP contribution in [0.1, 0.15) is 56.5 Å². The maximum absolute atomic E-state index is 13.1. The van der Waals surface area contributed by atoms with E-state index in [4.69, 9.17) is 9.72 Å². The van der Waals surface area contributed by atoms with Crippen molar-refractivity contribution in [1.82, 2.24) is 24.1 Å². The molecule has 0 amide bonds. The summed E-state index contributed by atoms with van der Waals surface area (Å²) in [6.45, 7) is 3.88. The number of nitrogens with zero attached hydrogens (tertiary/aromatic N) is 3. The molecule has 0 radical (unpaired) electrons. The van der Waals surface area contributed by atoms with E-state index in [0.29, 0.717) is 29.4 Å². The zero-order valence-electron chi connectivity index (χ0n) is 20.2. The van der Waals surface area contributed by atoms with Crippen LogP contribution < -0.4 is 15.1 Å². The molecular formula is C23H29N5O6S2. The number of rotatable bonds is 7.